The average molecular weight is 263 g/mol. The summed E-state index contributed by atoms with van der Waals surface area (Å²) in [7, 11) is 0. The van der Waals surface area contributed by atoms with Gasteiger partial charge in [0, 0.05) is 10.6 Å². The first-order valence-corrected chi connectivity index (χ1v) is 8.03. The van der Waals surface area contributed by atoms with Gasteiger partial charge in [0.1, 0.15) is 0 Å². The topological polar surface area (TPSA) is 12.0 Å². The molecule has 0 saturated heterocycles. The number of thioether (sulfide) groups is 1. The lowest BCUT2D eigenvalue weighted by atomic mass is 9.78. The van der Waals surface area contributed by atoms with Gasteiger partial charge in [-0.05, 0) is 48.9 Å². The Morgan fingerprint density at radius 1 is 1.33 bits per heavy atom. The highest BCUT2D eigenvalue weighted by atomic mass is 32.2. The van der Waals surface area contributed by atoms with Crippen LogP contribution in [0, 0.1) is 5.41 Å². The molecule has 0 aromatic heterocycles. The number of hydrogen-bond acceptors (Lipinski definition) is 2. The Morgan fingerprint density at radius 2 is 2.11 bits per heavy atom. The van der Waals surface area contributed by atoms with Crippen LogP contribution in [0.1, 0.15) is 45.1 Å². The summed E-state index contributed by atoms with van der Waals surface area (Å²) in [6.07, 6.45) is 2.58. The van der Waals surface area contributed by atoms with Crippen LogP contribution in [0.3, 0.4) is 0 Å². The standard InChI is InChI=1S/C16H25NS/c1-4-17-10-9-16(2,3)11-13-12-18-15-8-6-5-7-14(13)15/h5-8,13,17H,4,9-12H2,1-3H3. The van der Waals surface area contributed by atoms with Crippen molar-refractivity contribution in [2.45, 2.75) is 44.4 Å². The number of rotatable bonds is 6. The van der Waals surface area contributed by atoms with Gasteiger partial charge in [-0.1, -0.05) is 39.0 Å². The van der Waals surface area contributed by atoms with Crippen LogP contribution in [-0.4, -0.2) is 18.8 Å². The van der Waals surface area contributed by atoms with Gasteiger partial charge in [-0.3, -0.25) is 0 Å². The van der Waals surface area contributed by atoms with E-state index < -0.39 is 0 Å². The van der Waals surface area contributed by atoms with E-state index in [1.54, 1.807) is 5.56 Å². The molecule has 100 valence electrons. The Morgan fingerprint density at radius 3 is 2.89 bits per heavy atom. The Bertz CT molecular complexity index is 386. The van der Waals surface area contributed by atoms with Gasteiger partial charge in [0.25, 0.3) is 0 Å². The lowest BCUT2D eigenvalue weighted by Gasteiger charge is -2.28. The SMILES string of the molecule is CCNCCC(C)(C)CC1CSc2ccccc21. The molecular weight excluding hydrogens is 238 g/mol. The van der Waals surface area contributed by atoms with Crippen molar-refractivity contribution in [2.24, 2.45) is 5.41 Å². The van der Waals surface area contributed by atoms with Gasteiger partial charge in [-0.15, -0.1) is 11.8 Å². The molecule has 2 rings (SSSR count). The van der Waals surface area contributed by atoms with E-state index in [0.29, 0.717) is 5.41 Å². The van der Waals surface area contributed by atoms with Gasteiger partial charge in [-0.25, -0.2) is 0 Å². The first kappa shape index (κ1) is 14.0. The first-order chi connectivity index (χ1) is 8.62. The predicted molar refractivity (Wildman–Crippen MR) is 81.5 cm³/mol. The molecule has 0 radical (unpaired) electrons. The van der Waals surface area contributed by atoms with Crippen LogP contribution in [0.5, 0.6) is 0 Å². The molecule has 0 bridgehead atoms. The van der Waals surface area contributed by atoms with Crippen molar-refractivity contribution < 1.29 is 0 Å². The van der Waals surface area contributed by atoms with Crippen LogP contribution in [0.15, 0.2) is 29.2 Å². The zero-order valence-corrected chi connectivity index (χ0v) is 12.6. The van der Waals surface area contributed by atoms with E-state index in [2.05, 4.69) is 50.4 Å². The molecule has 1 N–H and O–H groups in total. The van der Waals surface area contributed by atoms with Crippen LogP contribution >= 0.6 is 11.8 Å². The van der Waals surface area contributed by atoms with Crippen molar-refractivity contribution in [2.75, 3.05) is 18.8 Å². The summed E-state index contributed by atoms with van der Waals surface area (Å²) in [5.41, 5.74) is 2.02. The maximum absolute atomic E-state index is 3.44. The highest BCUT2D eigenvalue weighted by Crippen LogP contribution is 2.45. The Kier molecular flexibility index (Phi) is 4.74. The maximum atomic E-state index is 3.44. The molecule has 1 aromatic rings. The third-order valence-corrected chi connectivity index (χ3v) is 5.08. The largest absolute Gasteiger partial charge is 0.317 e. The fourth-order valence-electron chi connectivity index (χ4n) is 2.77. The molecule has 1 heterocycles. The molecule has 1 aliphatic heterocycles. The predicted octanol–water partition coefficient (Wildman–Crippen LogP) is 4.29. The van der Waals surface area contributed by atoms with E-state index in [1.165, 1.54) is 23.5 Å². The lowest BCUT2D eigenvalue weighted by Crippen LogP contribution is -2.24. The molecule has 0 saturated carbocycles. The minimum absolute atomic E-state index is 0.435. The fraction of sp³-hybridized carbons (Fsp3) is 0.625. The highest BCUT2D eigenvalue weighted by Gasteiger charge is 2.29. The summed E-state index contributed by atoms with van der Waals surface area (Å²) in [6.45, 7) is 9.23. The van der Waals surface area contributed by atoms with Gasteiger partial charge in [0.05, 0.1) is 0 Å². The van der Waals surface area contributed by atoms with Gasteiger partial charge in [0.2, 0.25) is 0 Å². The van der Waals surface area contributed by atoms with E-state index in [0.717, 1.165) is 19.0 Å². The van der Waals surface area contributed by atoms with Crippen molar-refractivity contribution in [1.29, 1.82) is 0 Å². The third kappa shape index (κ3) is 3.52. The molecule has 0 aliphatic carbocycles. The van der Waals surface area contributed by atoms with Gasteiger partial charge >= 0.3 is 0 Å². The average Bonchev–Trinajstić information content (AvgIpc) is 2.72. The monoisotopic (exact) mass is 263 g/mol. The molecule has 1 aliphatic rings. The van der Waals surface area contributed by atoms with Crippen molar-refractivity contribution in [3.63, 3.8) is 0 Å². The number of hydrogen-bond donors (Lipinski definition) is 1. The fourth-order valence-corrected chi connectivity index (χ4v) is 4.03. The molecule has 18 heavy (non-hydrogen) atoms. The van der Waals surface area contributed by atoms with Gasteiger partial charge in [0.15, 0.2) is 0 Å². The molecule has 1 nitrogen and oxygen atoms in total. The van der Waals surface area contributed by atoms with Crippen LogP contribution in [0.4, 0.5) is 0 Å². The second-order valence-corrected chi connectivity index (χ2v) is 7.08. The van der Waals surface area contributed by atoms with E-state index in [-0.39, 0.29) is 0 Å². The summed E-state index contributed by atoms with van der Waals surface area (Å²) in [5.74, 6) is 2.02. The number of nitrogens with one attached hydrogen (secondary N) is 1. The molecule has 0 fully saturated rings. The summed E-state index contributed by atoms with van der Waals surface area (Å²) >= 11 is 2.03. The number of benzene rings is 1. The molecular formula is C16H25NS. The minimum Gasteiger partial charge on any atom is -0.317 e. The molecule has 1 unspecified atom stereocenters. The summed E-state index contributed by atoms with van der Waals surface area (Å²) in [5, 5.41) is 3.44. The van der Waals surface area contributed by atoms with Crippen molar-refractivity contribution in [3.8, 4) is 0 Å². The molecule has 0 amide bonds. The van der Waals surface area contributed by atoms with Crippen LogP contribution in [-0.2, 0) is 0 Å². The summed E-state index contributed by atoms with van der Waals surface area (Å²) < 4.78 is 0. The van der Waals surface area contributed by atoms with E-state index >= 15 is 0 Å². The Balaban J connectivity index is 1.94. The highest BCUT2D eigenvalue weighted by molar-refractivity contribution is 7.99. The molecule has 0 spiro atoms. The zero-order chi connectivity index (χ0) is 13.0. The molecule has 2 heteroatoms. The first-order valence-electron chi connectivity index (χ1n) is 7.05. The molecule has 1 aromatic carbocycles. The van der Waals surface area contributed by atoms with E-state index in [1.807, 2.05) is 11.8 Å². The van der Waals surface area contributed by atoms with Gasteiger partial charge < -0.3 is 5.32 Å². The third-order valence-electron chi connectivity index (χ3n) is 3.83. The smallest absolute Gasteiger partial charge is 0.0107 e. The quantitative estimate of drug-likeness (QED) is 0.768. The Hall–Kier alpha value is -0.470. The molecule has 1 atom stereocenters. The van der Waals surface area contributed by atoms with Crippen LogP contribution in [0.25, 0.3) is 0 Å². The summed E-state index contributed by atoms with van der Waals surface area (Å²) in [6, 6.07) is 8.93. The summed E-state index contributed by atoms with van der Waals surface area (Å²) in [4.78, 5) is 1.50. The maximum Gasteiger partial charge on any atom is 0.0107 e. The second-order valence-electron chi connectivity index (χ2n) is 6.02. The van der Waals surface area contributed by atoms with Gasteiger partial charge in [-0.2, -0.15) is 0 Å². The van der Waals surface area contributed by atoms with Crippen molar-refractivity contribution >= 4 is 11.8 Å². The van der Waals surface area contributed by atoms with Crippen molar-refractivity contribution in [3.05, 3.63) is 29.8 Å². The van der Waals surface area contributed by atoms with Crippen molar-refractivity contribution in [1.82, 2.24) is 5.32 Å². The van der Waals surface area contributed by atoms with Crippen LogP contribution in [0.2, 0.25) is 0 Å². The van der Waals surface area contributed by atoms with E-state index in [4.69, 9.17) is 0 Å². The lowest BCUT2D eigenvalue weighted by molar-refractivity contribution is 0.285. The van der Waals surface area contributed by atoms with Crippen LogP contribution < -0.4 is 5.32 Å². The number of fused-ring (bicyclic) bond motifs is 1. The second kappa shape index (κ2) is 6.12. The van der Waals surface area contributed by atoms with E-state index in [9.17, 15) is 0 Å². The minimum atomic E-state index is 0.435. The Labute approximate surface area is 116 Å². The zero-order valence-electron chi connectivity index (χ0n) is 11.8. The normalized spacial score (nSPS) is 18.9.